The average Bonchev–Trinajstić information content (AvgIpc) is 1.84. The van der Waals surface area contributed by atoms with Gasteiger partial charge >= 0.3 is 13.6 Å². The minimum Gasteiger partial charge on any atom is -0.481 e. The molecular weight excluding hydrogens is 214 g/mol. The summed E-state index contributed by atoms with van der Waals surface area (Å²) in [5.41, 5.74) is 0. The second-order valence-electron chi connectivity index (χ2n) is 2.11. The second-order valence-corrected chi connectivity index (χ2v) is 4.96. The van der Waals surface area contributed by atoms with Crippen LogP contribution < -0.4 is 0 Å². The molecule has 0 aromatic carbocycles. The average molecular weight is 230 g/mol. The summed E-state index contributed by atoms with van der Waals surface area (Å²) in [6.07, 6.45) is -0.833. The SMILES string of the molecule is CCOP(=O)(O)CC(=O)O.CPC. The minimum absolute atomic E-state index is 0.0427. The lowest BCUT2D eigenvalue weighted by Gasteiger charge is -2.06. The van der Waals surface area contributed by atoms with Gasteiger partial charge in [-0.05, 0) is 20.3 Å². The third-order valence-electron chi connectivity index (χ3n) is 0.666. The first-order chi connectivity index (χ1) is 5.89. The third kappa shape index (κ3) is 14.9. The smallest absolute Gasteiger partial charge is 0.339 e. The van der Waals surface area contributed by atoms with Crippen molar-refractivity contribution in [1.82, 2.24) is 0 Å². The minimum atomic E-state index is -3.85. The number of hydrogen-bond donors (Lipinski definition) is 2. The van der Waals surface area contributed by atoms with Crippen LogP contribution in [0.4, 0.5) is 0 Å². The molecule has 0 amide bonds. The van der Waals surface area contributed by atoms with Gasteiger partial charge in [-0.2, -0.15) is 0 Å². The summed E-state index contributed by atoms with van der Waals surface area (Å²) in [6.45, 7) is 5.87. The van der Waals surface area contributed by atoms with Gasteiger partial charge in [0.25, 0.3) is 0 Å². The van der Waals surface area contributed by atoms with E-state index in [2.05, 4.69) is 17.9 Å². The molecule has 5 nitrogen and oxygen atoms in total. The van der Waals surface area contributed by atoms with Crippen molar-refractivity contribution in [3.63, 3.8) is 0 Å². The van der Waals surface area contributed by atoms with E-state index in [-0.39, 0.29) is 6.61 Å². The third-order valence-corrected chi connectivity index (χ3v) is 2.00. The van der Waals surface area contributed by atoms with Gasteiger partial charge in [-0.15, -0.1) is 8.58 Å². The number of carboxylic acid groups (broad SMARTS) is 1. The van der Waals surface area contributed by atoms with Gasteiger partial charge in [0.1, 0.15) is 6.16 Å². The lowest BCUT2D eigenvalue weighted by molar-refractivity contribution is -0.134. The number of rotatable bonds is 4. The van der Waals surface area contributed by atoms with Crippen molar-refractivity contribution < 1.29 is 23.9 Å². The molecule has 0 fully saturated rings. The highest BCUT2D eigenvalue weighted by Gasteiger charge is 2.22. The molecule has 0 rings (SSSR count). The van der Waals surface area contributed by atoms with Crippen LogP contribution in [0.1, 0.15) is 6.92 Å². The number of carboxylic acids is 1. The fraction of sp³-hybridized carbons (Fsp3) is 0.833. The maximum absolute atomic E-state index is 10.6. The summed E-state index contributed by atoms with van der Waals surface area (Å²) in [5, 5.41) is 8.06. The van der Waals surface area contributed by atoms with Gasteiger partial charge in [0.15, 0.2) is 0 Å². The summed E-state index contributed by atoms with van der Waals surface area (Å²) in [7, 11) is -2.76. The molecule has 13 heavy (non-hydrogen) atoms. The van der Waals surface area contributed by atoms with Crippen LogP contribution in [0, 0.1) is 0 Å². The van der Waals surface area contributed by atoms with Crippen LogP contribution in [0.3, 0.4) is 0 Å². The first-order valence-electron chi connectivity index (χ1n) is 3.66. The summed E-state index contributed by atoms with van der Waals surface area (Å²) in [6, 6.07) is 0. The van der Waals surface area contributed by atoms with Gasteiger partial charge in [-0.25, -0.2) is 0 Å². The Morgan fingerprint density at radius 3 is 2.15 bits per heavy atom. The van der Waals surface area contributed by atoms with Gasteiger partial charge in [-0.1, -0.05) is 0 Å². The standard InChI is InChI=1S/C4H9O5P.C2H7P/c1-2-9-10(7,8)3-4(5)6;1-3-2/h2-3H2,1H3,(H,5,6)(H,7,8);3H,1-2H3. The first kappa shape index (κ1) is 15.5. The Bertz CT molecular complexity index is 182. The normalized spacial score (nSPS) is 13.8. The Labute approximate surface area is 79.8 Å². The van der Waals surface area contributed by atoms with E-state index in [9.17, 15) is 9.36 Å². The van der Waals surface area contributed by atoms with Crippen LogP contribution in [0.5, 0.6) is 0 Å². The van der Waals surface area contributed by atoms with E-state index in [0.717, 1.165) is 8.58 Å². The maximum atomic E-state index is 10.6. The molecule has 0 saturated carbocycles. The van der Waals surface area contributed by atoms with Gasteiger partial charge in [0.2, 0.25) is 0 Å². The molecule has 0 aliphatic heterocycles. The van der Waals surface area contributed by atoms with Crippen molar-refractivity contribution >= 4 is 22.1 Å². The number of hydrogen-bond acceptors (Lipinski definition) is 3. The van der Waals surface area contributed by atoms with E-state index >= 15 is 0 Å². The van der Waals surface area contributed by atoms with Gasteiger partial charge in [-0.3, -0.25) is 9.36 Å². The molecule has 0 aromatic heterocycles. The topological polar surface area (TPSA) is 83.8 Å². The molecule has 0 aromatic rings. The van der Waals surface area contributed by atoms with Crippen LogP contribution in [0.15, 0.2) is 0 Å². The summed E-state index contributed by atoms with van der Waals surface area (Å²) >= 11 is 0. The number of aliphatic carboxylic acids is 1. The zero-order valence-corrected chi connectivity index (χ0v) is 9.88. The van der Waals surface area contributed by atoms with Crippen LogP contribution >= 0.6 is 16.2 Å². The fourth-order valence-corrected chi connectivity index (χ4v) is 1.25. The highest BCUT2D eigenvalue weighted by molar-refractivity contribution is 7.53. The van der Waals surface area contributed by atoms with Gasteiger partial charge < -0.3 is 14.5 Å². The van der Waals surface area contributed by atoms with E-state index in [1.807, 2.05) is 0 Å². The van der Waals surface area contributed by atoms with E-state index in [1.54, 1.807) is 0 Å². The lowest BCUT2D eigenvalue weighted by Crippen LogP contribution is -2.05. The Morgan fingerprint density at radius 1 is 1.54 bits per heavy atom. The Hall–Kier alpha value is 0.0500. The Kier molecular flexibility index (Phi) is 10.3. The van der Waals surface area contributed by atoms with Crippen LogP contribution in [-0.2, 0) is 13.9 Å². The van der Waals surface area contributed by atoms with Gasteiger partial charge in [0, 0.05) is 0 Å². The fourth-order valence-electron chi connectivity index (χ4n) is 0.418. The first-order valence-corrected chi connectivity index (χ1v) is 7.42. The van der Waals surface area contributed by atoms with Crippen LogP contribution in [0.25, 0.3) is 0 Å². The zero-order chi connectivity index (χ0) is 10.9. The van der Waals surface area contributed by atoms with Crippen LogP contribution in [-0.4, -0.2) is 42.1 Å². The molecule has 0 heterocycles. The molecule has 0 aliphatic carbocycles. The molecule has 0 radical (unpaired) electrons. The van der Waals surface area contributed by atoms with E-state index < -0.39 is 19.7 Å². The molecule has 0 aliphatic rings. The molecule has 80 valence electrons. The maximum Gasteiger partial charge on any atom is 0.339 e. The molecule has 2 N–H and O–H groups in total. The van der Waals surface area contributed by atoms with Crippen molar-refractivity contribution in [3.8, 4) is 0 Å². The predicted octanol–water partition coefficient (Wildman–Crippen LogP) is 1.22. The quantitative estimate of drug-likeness (QED) is 0.709. The van der Waals surface area contributed by atoms with Crippen molar-refractivity contribution in [2.24, 2.45) is 0 Å². The van der Waals surface area contributed by atoms with Gasteiger partial charge in [0.05, 0.1) is 6.61 Å². The summed E-state index contributed by atoms with van der Waals surface area (Å²) in [5.74, 6) is -1.33. The number of carbonyl (C=O) groups is 1. The van der Waals surface area contributed by atoms with Crippen molar-refractivity contribution in [1.29, 1.82) is 0 Å². The second kappa shape index (κ2) is 8.64. The lowest BCUT2D eigenvalue weighted by atomic mass is 10.8. The Morgan fingerprint density at radius 2 is 1.92 bits per heavy atom. The highest BCUT2D eigenvalue weighted by Crippen LogP contribution is 2.40. The van der Waals surface area contributed by atoms with E-state index in [0.29, 0.717) is 0 Å². The van der Waals surface area contributed by atoms with Crippen molar-refractivity contribution in [2.75, 3.05) is 26.1 Å². The molecular formula is C6H16O5P2. The van der Waals surface area contributed by atoms with E-state index in [4.69, 9.17) is 10.00 Å². The molecule has 0 bridgehead atoms. The molecule has 0 saturated heterocycles. The van der Waals surface area contributed by atoms with Crippen LogP contribution in [0.2, 0.25) is 0 Å². The molecule has 1 atom stereocenters. The van der Waals surface area contributed by atoms with Crippen molar-refractivity contribution in [3.05, 3.63) is 0 Å². The summed E-state index contributed by atoms with van der Waals surface area (Å²) < 4.78 is 14.8. The molecule has 7 heteroatoms. The largest absolute Gasteiger partial charge is 0.481 e. The van der Waals surface area contributed by atoms with Crippen molar-refractivity contribution in [2.45, 2.75) is 6.92 Å². The zero-order valence-electron chi connectivity index (χ0n) is 7.98. The summed E-state index contributed by atoms with van der Waals surface area (Å²) in [4.78, 5) is 18.5. The van der Waals surface area contributed by atoms with E-state index in [1.165, 1.54) is 6.92 Å². The highest BCUT2D eigenvalue weighted by atomic mass is 31.2. The predicted molar refractivity (Wildman–Crippen MR) is 54.1 cm³/mol. The molecule has 1 unspecified atom stereocenters. The Balaban J connectivity index is 0. The molecule has 0 spiro atoms. The monoisotopic (exact) mass is 230 g/mol.